The molecule has 1 aromatic carbocycles. The summed E-state index contributed by atoms with van der Waals surface area (Å²) >= 11 is 7.25. The number of aromatic nitrogens is 2. The van der Waals surface area contributed by atoms with Crippen LogP contribution in [0.5, 0.6) is 0 Å². The first-order valence-corrected chi connectivity index (χ1v) is 6.56. The topological polar surface area (TPSA) is 45.8 Å². The van der Waals surface area contributed by atoms with E-state index in [1.54, 1.807) is 12.1 Å². The first-order valence-electron chi connectivity index (χ1n) is 5.19. The molecule has 0 radical (unpaired) electrons. The van der Waals surface area contributed by atoms with Crippen LogP contribution in [0, 0.1) is 12.7 Å². The van der Waals surface area contributed by atoms with Crippen LogP contribution in [0.15, 0.2) is 34.2 Å². The van der Waals surface area contributed by atoms with Crippen molar-refractivity contribution in [2.75, 3.05) is 0 Å². The number of rotatable bonds is 3. The number of thioether (sulfide) groups is 1. The molecular formula is C12H10ClFN2OS. The molecule has 94 valence electrons. The van der Waals surface area contributed by atoms with E-state index in [1.807, 2.05) is 6.92 Å². The van der Waals surface area contributed by atoms with Crippen molar-refractivity contribution in [2.45, 2.75) is 17.7 Å². The summed E-state index contributed by atoms with van der Waals surface area (Å²) in [5, 5.41) is 1.06. The van der Waals surface area contributed by atoms with Crippen molar-refractivity contribution < 1.29 is 4.39 Å². The molecule has 1 heterocycles. The Balaban J connectivity index is 2.21. The molecule has 2 aromatic rings. The van der Waals surface area contributed by atoms with Gasteiger partial charge in [0.1, 0.15) is 5.82 Å². The first-order chi connectivity index (χ1) is 8.58. The van der Waals surface area contributed by atoms with Crippen molar-refractivity contribution in [1.29, 1.82) is 0 Å². The summed E-state index contributed by atoms with van der Waals surface area (Å²) in [5.74, 6) is 0.0100. The number of nitrogens with one attached hydrogen (secondary N) is 1. The molecule has 6 heteroatoms. The van der Waals surface area contributed by atoms with Gasteiger partial charge < -0.3 is 4.98 Å². The van der Waals surface area contributed by atoms with E-state index in [0.717, 1.165) is 5.56 Å². The largest absolute Gasteiger partial charge is 0.345 e. The maximum atomic E-state index is 13.6. The molecule has 0 saturated carbocycles. The number of nitrogens with zero attached hydrogens (tertiary/aromatic N) is 1. The Kier molecular flexibility index (Phi) is 4.04. The highest BCUT2D eigenvalue weighted by Crippen LogP contribution is 2.28. The van der Waals surface area contributed by atoms with Gasteiger partial charge in [-0.05, 0) is 24.6 Å². The van der Waals surface area contributed by atoms with Crippen LogP contribution in [-0.4, -0.2) is 9.97 Å². The summed E-state index contributed by atoms with van der Waals surface area (Å²) in [4.78, 5) is 17.3. The van der Waals surface area contributed by atoms with Crippen molar-refractivity contribution in [2.24, 2.45) is 0 Å². The lowest BCUT2D eigenvalue weighted by molar-refractivity contribution is 0.617. The van der Waals surface area contributed by atoms with Gasteiger partial charge in [-0.3, -0.25) is 0 Å². The van der Waals surface area contributed by atoms with Crippen LogP contribution >= 0.6 is 23.4 Å². The highest BCUT2D eigenvalue weighted by atomic mass is 35.5. The van der Waals surface area contributed by atoms with Gasteiger partial charge in [0, 0.05) is 22.5 Å². The molecule has 0 aliphatic heterocycles. The molecule has 0 saturated heterocycles. The van der Waals surface area contributed by atoms with Crippen molar-refractivity contribution in [3.63, 3.8) is 0 Å². The minimum Gasteiger partial charge on any atom is -0.300 e. The maximum Gasteiger partial charge on any atom is 0.345 e. The molecule has 2 rings (SSSR count). The Hall–Kier alpha value is -1.33. The van der Waals surface area contributed by atoms with Gasteiger partial charge in [0.15, 0.2) is 0 Å². The fraction of sp³-hybridized carbons (Fsp3) is 0.167. The highest BCUT2D eigenvalue weighted by molar-refractivity contribution is 7.98. The van der Waals surface area contributed by atoms with Crippen molar-refractivity contribution in [3.05, 3.63) is 56.8 Å². The summed E-state index contributed by atoms with van der Waals surface area (Å²) < 4.78 is 13.6. The highest BCUT2D eigenvalue weighted by Gasteiger charge is 2.09. The Morgan fingerprint density at radius 1 is 1.50 bits per heavy atom. The van der Waals surface area contributed by atoms with Gasteiger partial charge in [-0.2, -0.15) is 0 Å². The van der Waals surface area contributed by atoms with E-state index in [1.165, 1.54) is 24.0 Å². The van der Waals surface area contributed by atoms with E-state index in [-0.39, 0.29) is 5.82 Å². The number of aromatic amines is 1. The van der Waals surface area contributed by atoms with E-state index in [9.17, 15) is 9.18 Å². The summed E-state index contributed by atoms with van der Waals surface area (Å²) in [6.45, 7) is 1.83. The second kappa shape index (κ2) is 5.54. The summed E-state index contributed by atoms with van der Waals surface area (Å²) in [7, 11) is 0. The number of H-pyrrole nitrogens is 1. The maximum absolute atomic E-state index is 13.6. The summed E-state index contributed by atoms with van der Waals surface area (Å²) in [6, 6.07) is 4.57. The second-order valence-electron chi connectivity index (χ2n) is 3.69. The predicted molar refractivity (Wildman–Crippen MR) is 70.6 cm³/mol. The molecule has 0 aliphatic carbocycles. The number of halogens is 2. The standard InChI is InChI=1S/C12H10ClFN2OS/c1-7-5-15-12(17)16-11(7)18-6-8-9(13)3-2-4-10(8)14/h2-5H,6H2,1H3,(H,15,16,17). The number of aryl methyl sites for hydroxylation is 1. The van der Waals surface area contributed by atoms with Crippen molar-refractivity contribution >= 4 is 23.4 Å². The molecular weight excluding hydrogens is 275 g/mol. The van der Waals surface area contributed by atoms with Gasteiger partial charge in [0.25, 0.3) is 0 Å². The van der Waals surface area contributed by atoms with E-state index in [4.69, 9.17) is 11.6 Å². The van der Waals surface area contributed by atoms with Crippen molar-refractivity contribution in [1.82, 2.24) is 9.97 Å². The summed E-state index contributed by atoms with van der Waals surface area (Å²) in [6.07, 6.45) is 1.49. The Morgan fingerprint density at radius 2 is 2.28 bits per heavy atom. The monoisotopic (exact) mass is 284 g/mol. The SMILES string of the molecule is Cc1cnc(=O)[nH]c1SCc1c(F)cccc1Cl. The fourth-order valence-electron chi connectivity index (χ4n) is 1.41. The van der Waals surface area contributed by atoms with Crippen molar-refractivity contribution in [3.8, 4) is 0 Å². The van der Waals surface area contributed by atoms with Crippen LogP contribution in [-0.2, 0) is 5.75 Å². The molecule has 0 bridgehead atoms. The zero-order valence-electron chi connectivity index (χ0n) is 9.54. The van der Waals surface area contributed by atoms with E-state index < -0.39 is 5.69 Å². The predicted octanol–water partition coefficient (Wildman–Crippen LogP) is 3.16. The van der Waals surface area contributed by atoms with Crippen LogP contribution < -0.4 is 5.69 Å². The minimum absolute atomic E-state index is 0.343. The van der Waals surface area contributed by atoms with E-state index >= 15 is 0 Å². The van der Waals surface area contributed by atoms with E-state index in [0.29, 0.717) is 21.4 Å². The lowest BCUT2D eigenvalue weighted by Crippen LogP contribution is -2.10. The quantitative estimate of drug-likeness (QED) is 0.695. The molecule has 18 heavy (non-hydrogen) atoms. The third-order valence-electron chi connectivity index (χ3n) is 2.38. The van der Waals surface area contributed by atoms with Crippen LogP contribution in [0.4, 0.5) is 4.39 Å². The third kappa shape index (κ3) is 2.91. The van der Waals surface area contributed by atoms with Crippen LogP contribution in [0.1, 0.15) is 11.1 Å². The Labute approximate surface area is 112 Å². The average Bonchev–Trinajstić information content (AvgIpc) is 2.33. The minimum atomic E-state index is -0.414. The molecule has 0 amide bonds. The van der Waals surface area contributed by atoms with Gasteiger partial charge in [0.2, 0.25) is 0 Å². The number of hydrogen-bond donors (Lipinski definition) is 1. The molecule has 0 unspecified atom stereocenters. The molecule has 0 aliphatic rings. The Morgan fingerprint density at radius 3 is 3.00 bits per heavy atom. The van der Waals surface area contributed by atoms with Crippen LogP contribution in [0.25, 0.3) is 0 Å². The second-order valence-corrected chi connectivity index (χ2v) is 5.08. The molecule has 3 nitrogen and oxygen atoms in total. The first kappa shape index (κ1) is 13.1. The molecule has 1 N–H and O–H groups in total. The average molecular weight is 285 g/mol. The number of hydrogen-bond acceptors (Lipinski definition) is 3. The van der Waals surface area contributed by atoms with Gasteiger partial charge in [-0.1, -0.05) is 17.7 Å². The van der Waals surface area contributed by atoms with Gasteiger partial charge in [-0.15, -0.1) is 11.8 Å². The van der Waals surface area contributed by atoms with Gasteiger partial charge in [0.05, 0.1) is 5.03 Å². The van der Waals surface area contributed by atoms with Gasteiger partial charge >= 0.3 is 5.69 Å². The molecule has 0 spiro atoms. The molecule has 1 aromatic heterocycles. The fourth-order valence-corrected chi connectivity index (χ4v) is 2.74. The zero-order valence-corrected chi connectivity index (χ0v) is 11.1. The third-order valence-corrected chi connectivity index (χ3v) is 3.88. The zero-order chi connectivity index (χ0) is 13.1. The Bertz CT molecular complexity index is 609. The number of benzene rings is 1. The smallest absolute Gasteiger partial charge is 0.300 e. The molecule has 0 fully saturated rings. The van der Waals surface area contributed by atoms with Gasteiger partial charge in [-0.25, -0.2) is 14.2 Å². The lowest BCUT2D eigenvalue weighted by Gasteiger charge is -2.07. The lowest BCUT2D eigenvalue weighted by atomic mass is 10.2. The van der Waals surface area contributed by atoms with Crippen LogP contribution in [0.3, 0.4) is 0 Å². The normalized spacial score (nSPS) is 10.6. The summed E-state index contributed by atoms with van der Waals surface area (Å²) in [5.41, 5.74) is 0.857. The van der Waals surface area contributed by atoms with E-state index in [2.05, 4.69) is 9.97 Å². The van der Waals surface area contributed by atoms with Crippen LogP contribution in [0.2, 0.25) is 5.02 Å². The molecule has 0 atom stereocenters.